The van der Waals surface area contributed by atoms with Gasteiger partial charge in [0.15, 0.2) is 0 Å². The zero-order chi connectivity index (χ0) is 13.2. The monoisotopic (exact) mass is 256 g/mol. The first-order chi connectivity index (χ1) is 8.74. The molecule has 5 heteroatoms. The van der Waals surface area contributed by atoms with Gasteiger partial charge in [0.2, 0.25) is 0 Å². The SMILES string of the molecule is C1CCC2=NCCCN2CC1.CCCOC(=O)O. The number of hydrogen-bond donors (Lipinski definition) is 1. The molecule has 0 amide bonds. The molecule has 2 aliphatic rings. The fourth-order valence-corrected chi connectivity index (χ4v) is 2.13. The fourth-order valence-electron chi connectivity index (χ4n) is 2.13. The molecule has 18 heavy (non-hydrogen) atoms. The molecule has 0 radical (unpaired) electrons. The molecule has 0 spiro atoms. The molecule has 0 atom stereocenters. The molecule has 0 aromatic rings. The van der Waals surface area contributed by atoms with E-state index in [0.29, 0.717) is 6.61 Å². The van der Waals surface area contributed by atoms with Crippen LogP contribution in [0.1, 0.15) is 45.4 Å². The second-order valence-corrected chi connectivity index (χ2v) is 4.56. The van der Waals surface area contributed by atoms with E-state index >= 15 is 0 Å². The maximum absolute atomic E-state index is 9.54. The van der Waals surface area contributed by atoms with E-state index in [4.69, 9.17) is 5.11 Å². The van der Waals surface area contributed by atoms with Crippen LogP contribution in [0.25, 0.3) is 0 Å². The van der Waals surface area contributed by atoms with Crippen molar-refractivity contribution in [3.05, 3.63) is 0 Å². The van der Waals surface area contributed by atoms with E-state index < -0.39 is 6.16 Å². The predicted octanol–water partition coefficient (Wildman–Crippen LogP) is 2.76. The summed E-state index contributed by atoms with van der Waals surface area (Å²) in [5.41, 5.74) is 0. The summed E-state index contributed by atoms with van der Waals surface area (Å²) >= 11 is 0. The number of hydrogen-bond acceptors (Lipinski definition) is 4. The Kier molecular flexibility index (Phi) is 7.22. The number of aliphatic imine (C=N–C) groups is 1. The third kappa shape index (κ3) is 5.89. The highest BCUT2D eigenvalue weighted by Crippen LogP contribution is 2.15. The third-order valence-corrected chi connectivity index (χ3v) is 3.00. The van der Waals surface area contributed by atoms with Gasteiger partial charge in [-0.05, 0) is 25.7 Å². The van der Waals surface area contributed by atoms with Crippen molar-refractivity contribution in [1.29, 1.82) is 0 Å². The number of rotatable bonds is 2. The first-order valence-electron chi connectivity index (χ1n) is 6.88. The summed E-state index contributed by atoms with van der Waals surface area (Å²) in [7, 11) is 0. The van der Waals surface area contributed by atoms with Crippen LogP contribution in [0.4, 0.5) is 4.79 Å². The molecule has 5 nitrogen and oxygen atoms in total. The minimum atomic E-state index is -1.19. The van der Waals surface area contributed by atoms with Gasteiger partial charge in [-0.1, -0.05) is 13.3 Å². The van der Waals surface area contributed by atoms with Crippen molar-refractivity contribution in [2.45, 2.75) is 45.4 Å². The Labute approximate surface area is 109 Å². The molecule has 1 saturated heterocycles. The average Bonchev–Trinajstić information content (AvgIpc) is 2.62. The summed E-state index contributed by atoms with van der Waals surface area (Å²) in [5.74, 6) is 1.40. The Balaban J connectivity index is 0.000000203. The van der Waals surface area contributed by atoms with Crippen LogP contribution >= 0.6 is 0 Å². The molecule has 2 aliphatic heterocycles. The van der Waals surface area contributed by atoms with Crippen molar-refractivity contribution in [1.82, 2.24) is 4.90 Å². The van der Waals surface area contributed by atoms with Gasteiger partial charge in [-0.3, -0.25) is 4.99 Å². The van der Waals surface area contributed by atoms with Crippen LogP contribution in [0.15, 0.2) is 4.99 Å². The maximum Gasteiger partial charge on any atom is 0.505 e. The summed E-state index contributed by atoms with van der Waals surface area (Å²) in [6.45, 7) is 5.75. The Hall–Kier alpha value is -1.26. The second kappa shape index (κ2) is 8.78. The molecule has 0 aromatic carbocycles. The lowest BCUT2D eigenvalue weighted by Gasteiger charge is -2.27. The lowest BCUT2D eigenvalue weighted by atomic mass is 10.2. The fraction of sp³-hybridized carbons (Fsp3) is 0.846. The van der Waals surface area contributed by atoms with E-state index in [1.165, 1.54) is 51.0 Å². The normalized spacial score (nSPS) is 18.7. The molecule has 1 N–H and O–H groups in total. The topological polar surface area (TPSA) is 62.1 Å². The zero-order valence-electron chi connectivity index (χ0n) is 11.2. The van der Waals surface area contributed by atoms with E-state index in [9.17, 15) is 4.79 Å². The second-order valence-electron chi connectivity index (χ2n) is 4.56. The Morgan fingerprint density at radius 2 is 2.11 bits per heavy atom. The smallest absolute Gasteiger partial charge is 0.450 e. The van der Waals surface area contributed by atoms with Crippen molar-refractivity contribution in [3.63, 3.8) is 0 Å². The Morgan fingerprint density at radius 1 is 1.33 bits per heavy atom. The third-order valence-electron chi connectivity index (χ3n) is 3.00. The molecular formula is C13H24N2O3. The predicted molar refractivity (Wildman–Crippen MR) is 71.2 cm³/mol. The maximum atomic E-state index is 9.54. The highest BCUT2D eigenvalue weighted by atomic mass is 16.7. The van der Waals surface area contributed by atoms with Crippen molar-refractivity contribution in [2.75, 3.05) is 26.2 Å². The Morgan fingerprint density at radius 3 is 2.78 bits per heavy atom. The van der Waals surface area contributed by atoms with Gasteiger partial charge in [0.05, 0.1) is 12.4 Å². The minimum Gasteiger partial charge on any atom is -0.450 e. The lowest BCUT2D eigenvalue weighted by Crippen LogP contribution is -2.34. The lowest BCUT2D eigenvalue weighted by molar-refractivity contribution is 0.0918. The summed E-state index contributed by atoms with van der Waals surface area (Å²) in [5, 5.41) is 7.82. The van der Waals surface area contributed by atoms with Gasteiger partial charge in [-0.15, -0.1) is 0 Å². The van der Waals surface area contributed by atoms with Gasteiger partial charge >= 0.3 is 6.16 Å². The summed E-state index contributed by atoms with van der Waals surface area (Å²) in [4.78, 5) is 16.6. The van der Waals surface area contributed by atoms with E-state index in [2.05, 4.69) is 14.6 Å². The molecule has 104 valence electrons. The summed E-state index contributed by atoms with van der Waals surface area (Å²) in [6.07, 6.45) is 6.18. The van der Waals surface area contributed by atoms with Gasteiger partial charge in [0, 0.05) is 26.1 Å². The Bertz CT molecular complexity index is 279. The van der Waals surface area contributed by atoms with Crippen LogP contribution in [-0.4, -0.2) is 48.2 Å². The molecule has 1 fully saturated rings. The standard InChI is InChI=1S/C9H16N2.C4H8O3/c1-2-5-9-10-6-4-8-11(9)7-3-1;1-2-3-7-4(5)6/h1-8H2;2-3H2,1H3,(H,5,6). The van der Waals surface area contributed by atoms with E-state index in [1.807, 2.05) is 6.92 Å². The van der Waals surface area contributed by atoms with Crippen LogP contribution < -0.4 is 0 Å². The van der Waals surface area contributed by atoms with Crippen molar-refractivity contribution < 1.29 is 14.6 Å². The van der Waals surface area contributed by atoms with Gasteiger partial charge < -0.3 is 14.7 Å². The number of fused-ring (bicyclic) bond motifs is 1. The van der Waals surface area contributed by atoms with Gasteiger partial charge in [-0.2, -0.15) is 0 Å². The van der Waals surface area contributed by atoms with Crippen LogP contribution in [0.5, 0.6) is 0 Å². The van der Waals surface area contributed by atoms with Gasteiger partial charge in [0.25, 0.3) is 0 Å². The van der Waals surface area contributed by atoms with Crippen molar-refractivity contribution >= 4 is 12.0 Å². The van der Waals surface area contributed by atoms with Crippen LogP contribution in [0, 0.1) is 0 Å². The zero-order valence-corrected chi connectivity index (χ0v) is 11.2. The van der Waals surface area contributed by atoms with Crippen molar-refractivity contribution in [2.24, 2.45) is 4.99 Å². The summed E-state index contributed by atoms with van der Waals surface area (Å²) < 4.78 is 4.11. The van der Waals surface area contributed by atoms with E-state index in [1.54, 1.807) is 0 Å². The molecule has 0 unspecified atom stereocenters. The van der Waals surface area contributed by atoms with Crippen LogP contribution in [-0.2, 0) is 4.74 Å². The van der Waals surface area contributed by atoms with Crippen molar-refractivity contribution in [3.8, 4) is 0 Å². The average molecular weight is 256 g/mol. The highest BCUT2D eigenvalue weighted by Gasteiger charge is 2.16. The molecule has 2 rings (SSSR count). The molecule has 0 saturated carbocycles. The molecule has 0 bridgehead atoms. The van der Waals surface area contributed by atoms with Gasteiger partial charge in [0.1, 0.15) is 0 Å². The molecular weight excluding hydrogens is 232 g/mol. The van der Waals surface area contributed by atoms with Crippen LogP contribution in [0.3, 0.4) is 0 Å². The largest absolute Gasteiger partial charge is 0.505 e. The first-order valence-corrected chi connectivity index (χ1v) is 6.88. The van der Waals surface area contributed by atoms with Gasteiger partial charge in [-0.25, -0.2) is 4.79 Å². The van der Waals surface area contributed by atoms with E-state index in [-0.39, 0.29) is 0 Å². The number of amidine groups is 1. The minimum absolute atomic E-state index is 0.301. The number of ether oxygens (including phenoxy) is 1. The first kappa shape index (κ1) is 14.8. The highest BCUT2D eigenvalue weighted by molar-refractivity contribution is 5.83. The van der Waals surface area contributed by atoms with Crippen LogP contribution in [0.2, 0.25) is 0 Å². The quantitative estimate of drug-likeness (QED) is 0.772. The molecule has 2 heterocycles. The van der Waals surface area contributed by atoms with E-state index in [0.717, 1.165) is 13.0 Å². The number of nitrogens with zero attached hydrogens (tertiary/aromatic N) is 2. The summed E-state index contributed by atoms with van der Waals surface area (Å²) in [6, 6.07) is 0. The number of carboxylic acid groups (broad SMARTS) is 1. The number of carbonyl (C=O) groups is 1. The molecule has 0 aliphatic carbocycles. The molecule has 0 aromatic heterocycles.